The number of hydrogen-bond donors (Lipinski definition) is 1. The highest BCUT2D eigenvalue weighted by molar-refractivity contribution is 5.72. The predicted molar refractivity (Wildman–Crippen MR) is 105 cm³/mol. The van der Waals surface area contributed by atoms with Crippen LogP contribution in [0.3, 0.4) is 0 Å². The third-order valence-corrected chi connectivity index (χ3v) is 6.31. The third kappa shape index (κ3) is 3.39. The standard InChI is InChI=1S/C20H30N4O3/c1-20-6-8-22(2)18(20)23(3)17-5-4-15(14-16(17)20)27-19(25)21-7-9-24-10-12-26-13-11-24/h4-5,14,18H,6-13H2,1-3H3,(H,21,25)/t18-,20+/m1/s1. The lowest BCUT2D eigenvalue weighted by molar-refractivity contribution is 0.0385. The predicted octanol–water partition coefficient (Wildman–Crippen LogP) is 1.48. The van der Waals surface area contributed by atoms with Crippen molar-refractivity contribution in [1.82, 2.24) is 15.1 Å². The summed E-state index contributed by atoms with van der Waals surface area (Å²) < 4.78 is 10.9. The number of nitrogens with one attached hydrogen (secondary N) is 1. The molecule has 1 N–H and O–H groups in total. The number of carbonyl (C=O) groups is 1. The smallest absolute Gasteiger partial charge is 0.410 e. The maximum absolute atomic E-state index is 12.2. The van der Waals surface area contributed by atoms with Crippen LogP contribution in [0.2, 0.25) is 0 Å². The van der Waals surface area contributed by atoms with E-state index in [0.717, 1.165) is 45.8 Å². The van der Waals surface area contributed by atoms with Gasteiger partial charge in [0, 0.05) is 50.9 Å². The Morgan fingerprint density at radius 3 is 2.85 bits per heavy atom. The summed E-state index contributed by atoms with van der Waals surface area (Å²) in [6, 6.07) is 6.01. The number of hydrogen-bond acceptors (Lipinski definition) is 6. The molecule has 7 nitrogen and oxygen atoms in total. The van der Waals surface area contributed by atoms with Crippen LogP contribution in [-0.4, -0.2) is 82.1 Å². The molecule has 3 aliphatic heterocycles. The van der Waals surface area contributed by atoms with Crippen LogP contribution in [-0.2, 0) is 10.2 Å². The number of benzene rings is 1. The zero-order valence-corrected chi connectivity index (χ0v) is 16.5. The molecular weight excluding hydrogens is 344 g/mol. The number of ether oxygens (including phenoxy) is 2. The SMILES string of the molecule is CN1CC[C@@]2(C)c3cc(OC(=O)NCCN4CCOCC4)ccc3N(C)[C@@H]12. The molecule has 1 aromatic rings. The molecule has 148 valence electrons. The Morgan fingerprint density at radius 2 is 2.07 bits per heavy atom. The zero-order chi connectivity index (χ0) is 19.0. The molecule has 1 aromatic carbocycles. The lowest BCUT2D eigenvalue weighted by Crippen LogP contribution is -2.45. The number of morpholine rings is 1. The van der Waals surface area contributed by atoms with Crippen molar-refractivity contribution in [3.63, 3.8) is 0 Å². The van der Waals surface area contributed by atoms with E-state index in [1.54, 1.807) is 0 Å². The minimum Gasteiger partial charge on any atom is -0.410 e. The quantitative estimate of drug-likeness (QED) is 0.862. The van der Waals surface area contributed by atoms with Crippen molar-refractivity contribution in [2.24, 2.45) is 0 Å². The Hall–Kier alpha value is -1.83. The average molecular weight is 374 g/mol. The van der Waals surface area contributed by atoms with Crippen LogP contribution in [0.25, 0.3) is 0 Å². The van der Waals surface area contributed by atoms with Gasteiger partial charge in [-0.3, -0.25) is 9.80 Å². The normalized spacial score (nSPS) is 28.1. The van der Waals surface area contributed by atoms with Crippen molar-refractivity contribution in [2.45, 2.75) is 24.9 Å². The average Bonchev–Trinajstić information content (AvgIpc) is 3.08. The summed E-state index contributed by atoms with van der Waals surface area (Å²) in [7, 11) is 4.33. The largest absolute Gasteiger partial charge is 0.412 e. The van der Waals surface area contributed by atoms with Crippen LogP contribution in [0.5, 0.6) is 5.75 Å². The Balaban J connectivity index is 1.37. The highest BCUT2D eigenvalue weighted by atomic mass is 16.6. The lowest BCUT2D eigenvalue weighted by atomic mass is 9.81. The summed E-state index contributed by atoms with van der Waals surface area (Å²) in [6.45, 7) is 8.17. The van der Waals surface area contributed by atoms with Crippen molar-refractivity contribution in [2.75, 3.05) is 64.9 Å². The van der Waals surface area contributed by atoms with Gasteiger partial charge in [0.15, 0.2) is 0 Å². The molecule has 0 bridgehead atoms. The van der Waals surface area contributed by atoms with Crippen molar-refractivity contribution < 1.29 is 14.3 Å². The fourth-order valence-corrected chi connectivity index (χ4v) is 4.90. The molecular formula is C20H30N4O3. The molecule has 0 aromatic heterocycles. The first-order chi connectivity index (χ1) is 13.0. The fourth-order valence-electron chi connectivity index (χ4n) is 4.90. The van der Waals surface area contributed by atoms with Crippen molar-refractivity contribution in [3.05, 3.63) is 23.8 Å². The Labute approximate surface area is 161 Å². The van der Waals surface area contributed by atoms with Gasteiger partial charge in [-0.1, -0.05) is 6.92 Å². The van der Waals surface area contributed by atoms with Gasteiger partial charge in [0.25, 0.3) is 0 Å². The van der Waals surface area contributed by atoms with E-state index >= 15 is 0 Å². The highest BCUT2D eigenvalue weighted by Crippen LogP contribution is 2.51. The molecule has 0 spiro atoms. The second-order valence-corrected chi connectivity index (χ2v) is 8.08. The van der Waals surface area contributed by atoms with Crippen LogP contribution in [0.1, 0.15) is 18.9 Å². The molecule has 7 heteroatoms. The summed E-state index contributed by atoms with van der Waals surface area (Å²) >= 11 is 0. The van der Waals surface area contributed by atoms with Gasteiger partial charge in [0.1, 0.15) is 5.75 Å². The second kappa shape index (κ2) is 7.30. The van der Waals surface area contributed by atoms with E-state index in [2.05, 4.69) is 47.1 Å². The lowest BCUT2D eigenvalue weighted by Gasteiger charge is -2.32. The highest BCUT2D eigenvalue weighted by Gasteiger charge is 2.52. The van der Waals surface area contributed by atoms with E-state index in [1.807, 2.05) is 12.1 Å². The number of likely N-dealkylation sites (tertiary alicyclic amines) is 1. The zero-order valence-electron chi connectivity index (χ0n) is 16.5. The number of nitrogens with zero attached hydrogens (tertiary/aromatic N) is 3. The fraction of sp³-hybridized carbons (Fsp3) is 0.650. The van der Waals surface area contributed by atoms with E-state index in [-0.39, 0.29) is 11.5 Å². The van der Waals surface area contributed by atoms with Crippen LogP contribution < -0.4 is 15.0 Å². The molecule has 1 amide bonds. The molecule has 0 radical (unpaired) electrons. The monoisotopic (exact) mass is 374 g/mol. The Kier molecular flexibility index (Phi) is 5.01. The summed E-state index contributed by atoms with van der Waals surface area (Å²) in [5.74, 6) is 0.613. The maximum Gasteiger partial charge on any atom is 0.412 e. The Bertz CT molecular complexity index is 706. The van der Waals surface area contributed by atoms with Gasteiger partial charge in [-0.05, 0) is 37.2 Å². The molecule has 27 heavy (non-hydrogen) atoms. The van der Waals surface area contributed by atoms with Crippen LogP contribution >= 0.6 is 0 Å². The summed E-state index contributed by atoms with van der Waals surface area (Å²) in [5, 5.41) is 2.86. The molecule has 2 atom stereocenters. The Morgan fingerprint density at radius 1 is 1.30 bits per heavy atom. The number of rotatable bonds is 4. The molecule has 0 aliphatic carbocycles. The van der Waals surface area contributed by atoms with E-state index in [0.29, 0.717) is 18.5 Å². The number of anilines is 1. The molecule has 3 aliphatic rings. The van der Waals surface area contributed by atoms with E-state index < -0.39 is 0 Å². The van der Waals surface area contributed by atoms with Gasteiger partial charge in [0.2, 0.25) is 0 Å². The minimum absolute atomic E-state index is 0.0744. The summed E-state index contributed by atoms with van der Waals surface area (Å²) in [5.41, 5.74) is 2.58. The number of fused-ring (bicyclic) bond motifs is 3. The van der Waals surface area contributed by atoms with Crippen LogP contribution in [0.15, 0.2) is 18.2 Å². The molecule has 0 saturated carbocycles. The van der Waals surface area contributed by atoms with Gasteiger partial charge >= 0.3 is 6.09 Å². The summed E-state index contributed by atoms with van der Waals surface area (Å²) in [6.07, 6.45) is 1.09. The van der Waals surface area contributed by atoms with Crippen LogP contribution in [0, 0.1) is 0 Å². The van der Waals surface area contributed by atoms with Gasteiger partial charge < -0.3 is 19.7 Å². The molecule has 4 rings (SSSR count). The third-order valence-electron chi connectivity index (χ3n) is 6.31. The number of carbonyl (C=O) groups excluding carboxylic acids is 1. The van der Waals surface area contributed by atoms with E-state index in [4.69, 9.17) is 9.47 Å². The van der Waals surface area contributed by atoms with E-state index in [9.17, 15) is 4.79 Å². The van der Waals surface area contributed by atoms with Crippen LogP contribution in [0.4, 0.5) is 10.5 Å². The first kappa shape index (κ1) is 18.5. The van der Waals surface area contributed by atoms with Crippen molar-refractivity contribution in [1.29, 1.82) is 0 Å². The molecule has 3 heterocycles. The number of likely N-dealkylation sites (N-methyl/N-ethyl adjacent to an activating group) is 2. The van der Waals surface area contributed by atoms with Crippen molar-refractivity contribution >= 4 is 11.8 Å². The first-order valence-electron chi connectivity index (χ1n) is 9.82. The minimum atomic E-state index is -0.389. The molecule has 2 saturated heterocycles. The number of amides is 1. The van der Waals surface area contributed by atoms with Gasteiger partial charge in [-0.15, -0.1) is 0 Å². The van der Waals surface area contributed by atoms with E-state index in [1.165, 1.54) is 11.3 Å². The van der Waals surface area contributed by atoms with Crippen molar-refractivity contribution in [3.8, 4) is 5.75 Å². The van der Waals surface area contributed by atoms with Gasteiger partial charge in [-0.2, -0.15) is 0 Å². The van der Waals surface area contributed by atoms with Gasteiger partial charge in [-0.25, -0.2) is 4.79 Å². The first-order valence-corrected chi connectivity index (χ1v) is 9.82. The summed E-state index contributed by atoms with van der Waals surface area (Å²) in [4.78, 5) is 19.2. The molecule has 0 unspecified atom stereocenters. The second-order valence-electron chi connectivity index (χ2n) is 8.08. The van der Waals surface area contributed by atoms with Gasteiger partial charge in [0.05, 0.1) is 19.4 Å². The topological polar surface area (TPSA) is 57.3 Å². The molecule has 2 fully saturated rings. The maximum atomic E-state index is 12.2.